The number of esters is 1. The average Bonchev–Trinajstić information content (AvgIpc) is 3.20. The molecule has 0 spiro atoms. The van der Waals surface area contributed by atoms with Crippen LogP contribution < -0.4 is 0 Å². The number of fused-ring (bicyclic) bond motifs is 1. The first kappa shape index (κ1) is 18.7. The Kier molecular flexibility index (Phi) is 5.29. The molecule has 0 radical (unpaired) electrons. The Morgan fingerprint density at radius 1 is 1.22 bits per heavy atom. The molecule has 1 unspecified atom stereocenters. The lowest BCUT2D eigenvalue weighted by molar-refractivity contribution is -0.149. The van der Waals surface area contributed by atoms with Crippen LogP contribution in [0.2, 0.25) is 0 Å². The van der Waals surface area contributed by atoms with Crippen LogP contribution in [0.3, 0.4) is 0 Å². The van der Waals surface area contributed by atoms with Gasteiger partial charge in [0.1, 0.15) is 6.04 Å². The van der Waals surface area contributed by atoms with Gasteiger partial charge in [-0.2, -0.15) is 0 Å². The van der Waals surface area contributed by atoms with Crippen LogP contribution in [0.25, 0.3) is 0 Å². The van der Waals surface area contributed by atoms with Gasteiger partial charge in [-0.3, -0.25) is 14.5 Å². The number of carbonyl (C=O) groups is 3. The van der Waals surface area contributed by atoms with Crippen LogP contribution in [-0.2, 0) is 22.7 Å². The van der Waals surface area contributed by atoms with E-state index in [1.54, 1.807) is 22.9 Å². The largest absolute Gasteiger partial charge is 0.456 e. The second kappa shape index (κ2) is 7.65. The Morgan fingerprint density at radius 3 is 2.70 bits per heavy atom. The average molecular weight is 371 g/mol. The van der Waals surface area contributed by atoms with E-state index in [1.807, 2.05) is 6.92 Å². The molecule has 2 heterocycles. The Hall–Kier alpha value is -3.10. The highest BCUT2D eigenvalue weighted by Gasteiger charge is 2.41. The van der Waals surface area contributed by atoms with Crippen LogP contribution in [0.1, 0.15) is 58.8 Å². The molecule has 1 aromatic carbocycles. The van der Waals surface area contributed by atoms with E-state index in [4.69, 9.17) is 4.74 Å². The highest BCUT2D eigenvalue weighted by molar-refractivity contribution is 6.22. The summed E-state index contributed by atoms with van der Waals surface area (Å²) in [6.45, 7) is 5.86. The number of ether oxygens (including phenoxy) is 1. The van der Waals surface area contributed by atoms with E-state index >= 15 is 0 Å². The van der Waals surface area contributed by atoms with E-state index in [1.165, 1.54) is 6.92 Å². The van der Waals surface area contributed by atoms with E-state index in [-0.39, 0.29) is 6.61 Å². The van der Waals surface area contributed by atoms with Crippen LogP contribution in [-0.4, -0.2) is 48.9 Å². The van der Waals surface area contributed by atoms with Crippen LogP contribution in [0.5, 0.6) is 0 Å². The Balaban J connectivity index is 1.67. The highest BCUT2D eigenvalue weighted by atomic mass is 16.5. The van der Waals surface area contributed by atoms with Crippen molar-refractivity contribution in [1.82, 2.24) is 25.1 Å². The molecule has 9 heteroatoms. The number of rotatable bonds is 7. The summed E-state index contributed by atoms with van der Waals surface area (Å²) in [5.74, 6) is -1.25. The second-order valence-electron chi connectivity index (χ2n) is 6.48. The molecule has 0 aliphatic carbocycles. The summed E-state index contributed by atoms with van der Waals surface area (Å²) in [6.07, 6.45) is 1.88. The van der Waals surface area contributed by atoms with Gasteiger partial charge in [-0.15, -0.1) is 5.10 Å². The molecular weight excluding hydrogens is 350 g/mol. The topological polar surface area (TPSA) is 107 Å². The summed E-state index contributed by atoms with van der Waals surface area (Å²) < 4.78 is 6.83. The van der Waals surface area contributed by atoms with Crippen molar-refractivity contribution in [1.29, 1.82) is 0 Å². The number of aryl methyl sites for hydroxylation is 2. The molecule has 0 saturated heterocycles. The Labute approximate surface area is 156 Å². The molecule has 142 valence electrons. The zero-order chi connectivity index (χ0) is 19.6. The first-order chi connectivity index (χ1) is 12.9. The molecule has 0 fully saturated rings. The lowest BCUT2D eigenvalue weighted by atomic mass is 10.1. The fourth-order valence-corrected chi connectivity index (χ4v) is 2.89. The molecule has 27 heavy (non-hydrogen) atoms. The predicted molar refractivity (Wildman–Crippen MR) is 93.7 cm³/mol. The van der Waals surface area contributed by atoms with Gasteiger partial charge in [0, 0.05) is 6.54 Å². The van der Waals surface area contributed by atoms with Gasteiger partial charge in [-0.05, 0) is 42.8 Å². The first-order valence-corrected chi connectivity index (χ1v) is 8.84. The summed E-state index contributed by atoms with van der Waals surface area (Å²) >= 11 is 0. The van der Waals surface area contributed by atoms with E-state index in [0.29, 0.717) is 23.5 Å². The third kappa shape index (κ3) is 3.57. The van der Waals surface area contributed by atoms with Gasteiger partial charge in [0.05, 0.1) is 11.1 Å². The number of imide groups is 1. The number of aromatic nitrogens is 4. The molecular formula is C18H21N5O4. The summed E-state index contributed by atoms with van der Waals surface area (Å²) in [7, 11) is 0. The maximum atomic E-state index is 12.6. The summed E-state index contributed by atoms with van der Waals surface area (Å²) in [5.41, 5.74) is 1.47. The second-order valence-corrected chi connectivity index (χ2v) is 6.48. The minimum Gasteiger partial charge on any atom is -0.456 e. The molecule has 3 rings (SSSR count). The summed E-state index contributed by atoms with van der Waals surface area (Å²) in [6, 6.07) is 3.96. The van der Waals surface area contributed by atoms with Crippen molar-refractivity contribution >= 4 is 17.8 Å². The summed E-state index contributed by atoms with van der Waals surface area (Å²) in [4.78, 5) is 38.5. The van der Waals surface area contributed by atoms with Gasteiger partial charge in [-0.25, -0.2) is 9.48 Å². The van der Waals surface area contributed by atoms with Gasteiger partial charge >= 0.3 is 5.97 Å². The normalized spacial score (nSPS) is 14.4. The minimum atomic E-state index is -1.04. The van der Waals surface area contributed by atoms with E-state index < -0.39 is 23.8 Å². The summed E-state index contributed by atoms with van der Waals surface area (Å²) in [5, 5.41) is 11.3. The third-order valence-corrected chi connectivity index (χ3v) is 4.47. The molecule has 2 amide bonds. The maximum Gasteiger partial charge on any atom is 0.329 e. The van der Waals surface area contributed by atoms with Crippen molar-refractivity contribution in [2.45, 2.75) is 52.8 Å². The Morgan fingerprint density at radius 2 is 1.96 bits per heavy atom. The van der Waals surface area contributed by atoms with Gasteiger partial charge in [0.15, 0.2) is 12.4 Å². The molecule has 0 saturated carbocycles. The lowest BCUT2D eigenvalue weighted by Crippen LogP contribution is -2.43. The number of unbranched alkanes of at least 4 members (excludes halogenated alkanes) is 1. The van der Waals surface area contributed by atoms with E-state index in [2.05, 4.69) is 22.4 Å². The van der Waals surface area contributed by atoms with Crippen molar-refractivity contribution in [3.05, 3.63) is 40.7 Å². The molecule has 1 atom stereocenters. The van der Waals surface area contributed by atoms with E-state index in [0.717, 1.165) is 23.3 Å². The number of tetrazole rings is 1. The fourth-order valence-electron chi connectivity index (χ4n) is 2.89. The Bertz CT molecular complexity index is 892. The quantitative estimate of drug-likeness (QED) is 0.536. The zero-order valence-electron chi connectivity index (χ0n) is 15.5. The van der Waals surface area contributed by atoms with Crippen molar-refractivity contribution in [2.24, 2.45) is 0 Å². The third-order valence-electron chi connectivity index (χ3n) is 4.47. The highest BCUT2D eigenvalue weighted by Crippen LogP contribution is 2.26. The maximum absolute atomic E-state index is 12.6. The first-order valence-electron chi connectivity index (χ1n) is 8.84. The molecule has 1 aliphatic rings. The fraction of sp³-hybridized carbons (Fsp3) is 0.444. The SMILES string of the molecule is CCCCn1nnnc1COC(=O)C(C)N1C(=O)c2ccc(C)cc2C1=O. The molecule has 0 bridgehead atoms. The van der Waals surface area contributed by atoms with Gasteiger partial charge in [0.25, 0.3) is 11.8 Å². The number of carbonyl (C=O) groups excluding carboxylic acids is 3. The van der Waals surface area contributed by atoms with Crippen molar-refractivity contribution in [3.63, 3.8) is 0 Å². The van der Waals surface area contributed by atoms with Crippen molar-refractivity contribution in [3.8, 4) is 0 Å². The van der Waals surface area contributed by atoms with Crippen LogP contribution in [0.4, 0.5) is 0 Å². The van der Waals surface area contributed by atoms with Crippen LogP contribution in [0, 0.1) is 6.92 Å². The van der Waals surface area contributed by atoms with Crippen molar-refractivity contribution in [2.75, 3.05) is 0 Å². The van der Waals surface area contributed by atoms with Crippen molar-refractivity contribution < 1.29 is 19.1 Å². The van der Waals surface area contributed by atoms with Crippen LogP contribution >= 0.6 is 0 Å². The van der Waals surface area contributed by atoms with Gasteiger partial charge in [0.2, 0.25) is 0 Å². The molecule has 1 aromatic heterocycles. The smallest absolute Gasteiger partial charge is 0.329 e. The van der Waals surface area contributed by atoms with Gasteiger partial charge in [-0.1, -0.05) is 25.0 Å². The molecule has 0 N–H and O–H groups in total. The zero-order valence-corrected chi connectivity index (χ0v) is 15.5. The predicted octanol–water partition coefficient (Wildman–Crippen LogP) is 1.51. The molecule has 1 aliphatic heterocycles. The number of nitrogens with zero attached hydrogens (tertiary/aromatic N) is 5. The lowest BCUT2D eigenvalue weighted by Gasteiger charge is -2.20. The molecule has 9 nitrogen and oxygen atoms in total. The number of hydrogen-bond donors (Lipinski definition) is 0. The monoisotopic (exact) mass is 371 g/mol. The molecule has 2 aromatic rings. The number of benzene rings is 1. The standard InChI is InChI=1S/C18H21N5O4/c1-4-5-8-22-15(19-20-21-22)10-27-18(26)12(3)23-16(24)13-7-6-11(2)9-14(13)17(23)25/h6-7,9,12H,4-5,8,10H2,1-3H3. The van der Waals surface area contributed by atoms with Crippen LogP contribution in [0.15, 0.2) is 18.2 Å². The number of amides is 2. The minimum absolute atomic E-state index is 0.123. The van der Waals surface area contributed by atoms with Gasteiger partial charge < -0.3 is 4.74 Å². The number of hydrogen-bond acceptors (Lipinski definition) is 7. The van der Waals surface area contributed by atoms with E-state index in [9.17, 15) is 14.4 Å².